The first-order chi connectivity index (χ1) is 8.69. The maximum absolute atomic E-state index is 5.46. The summed E-state index contributed by atoms with van der Waals surface area (Å²) in [4.78, 5) is 8.56. The first-order valence-electron chi connectivity index (χ1n) is 5.67. The topological polar surface area (TPSA) is 63.8 Å². The monoisotopic (exact) mass is 258 g/mol. The Morgan fingerprint density at radius 3 is 2.44 bits per heavy atom. The van der Waals surface area contributed by atoms with E-state index in [2.05, 4.69) is 34.3 Å². The summed E-state index contributed by atoms with van der Waals surface area (Å²) < 4.78 is 0. The summed E-state index contributed by atoms with van der Waals surface area (Å²) in [5, 5.41) is 3.16. The minimum atomic E-state index is 0.251. The summed E-state index contributed by atoms with van der Waals surface area (Å²) >= 11 is 4.82. The van der Waals surface area contributed by atoms with E-state index in [1.165, 1.54) is 5.56 Å². The summed E-state index contributed by atoms with van der Waals surface area (Å²) in [6, 6.07) is 8.20. The molecule has 4 nitrogen and oxygen atoms in total. The highest BCUT2D eigenvalue weighted by molar-refractivity contribution is 7.80. The number of anilines is 2. The van der Waals surface area contributed by atoms with Crippen molar-refractivity contribution in [3.05, 3.63) is 47.9 Å². The Hall–Kier alpha value is -2.01. The molecule has 0 bridgehead atoms. The van der Waals surface area contributed by atoms with Crippen LogP contribution < -0.4 is 11.1 Å². The van der Waals surface area contributed by atoms with Crippen LogP contribution in [-0.4, -0.2) is 15.0 Å². The van der Waals surface area contributed by atoms with Gasteiger partial charge < -0.3 is 11.1 Å². The Labute approximate surface area is 111 Å². The van der Waals surface area contributed by atoms with E-state index in [4.69, 9.17) is 18.0 Å². The lowest BCUT2D eigenvalue weighted by molar-refractivity contribution is 1.14. The van der Waals surface area contributed by atoms with E-state index in [1.54, 1.807) is 12.4 Å². The fraction of sp³-hybridized carbons (Fsp3) is 0.154. The van der Waals surface area contributed by atoms with Crippen molar-refractivity contribution in [2.75, 3.05) is 5.32 Å². The molecule has 0 saturated carbocycles. The number of nitrogens with two attached hydrogens (primary N) is 1. The SMILES string of the molecule is CCc1ccc(Nc2cnc(C(N)=S)cn2)cc1. The molecule has 0 aliphatic heterocycles. The van der Waals surface area contributed by atoms with Gasteiger partial charge in [-0.3, -0.25) is 0 Å². The third-order valence-electron chi connectivity index (χ3n) is 2.54. The molecule has 0 amide bonds. The Bertz CT molecular complexity index is 534. The van der Waals surface area contributed by atoms with Crippen LogP contribution in [0.5, 0.6) is 0 Å². The maximum atomic E-state index is 5.46. The molecule has 2 aromatic rings. The lowest BCUT2D eigenvalue weighted by Gasteiger charge is -2.06. The number of hydrogen-bond acceptors (Lipinski definition) is 4. The van der Waals surface area contributed by atoms with Crippen LogP contribution in [0.25, 0.3) is 0 Å². The molecular weight excluding hydrogens is 244 g/mol. The Morgan fingerprint density at radius 2 is 1.94 bits per heavy atom. The van der Waals surface area contributed by atoms with Crippen molar-refractivity contribution >= 4 is 28.7 Å². The van der Waals surface area contributed by atoms with E-state index in [0.717, 1.165) is 12.1 Å². The van der Waals surface area contributed by atoms with Crippen LogP contribution in [-0.2, 0) is 6.42 Å². The zero-order chi connectivity index (χ0) is 13.0. The summed E-state index contributed by atoms with van der Waals surface area (Å²) in [5.74, 6) is 0.666. The third-order valence-corrected chi connectivity index (χ3v) is 2.75. The molecule has 1 aromatic carbocycles. The molecular formula is C13H14N4S. The van der Waals surface area contributed by atoms with E-state index in [-0.39, 0.29) is 4.99 Å². The second-order valence-corrected chi connectivity index (χ2v) is 4.27. The fourth-order valence-electron chi connectivity index (χ4n) is 1.49. The molecule has 5 heteroatoms. The minimum absolute atomic E-state index is 0.251. The van der Waals surface area contributed by atoms with Gasteiger partial charge in [0.25, 0.3) is 0 Å². The second-order valence-electron chi connectivity index (χ2n) is 3.83. The lowest BCUT2D eigenvalue weighted by Crippen LogP contribution is -2.12. The molecule has 18 heavy (non-hydrogen) atoms. The first kappa shape index (κ1) is 12.4. The molecule has 0 spiro atoms. The number of hydrogen-bond donors (Lipinski definition) is 2. The normalized spacial score (nSPS) is 10.1. The molecule has 0 atom stereocenters. The van der Waals surface area contributed by atoms with Crippen LogP contribution in [0, 0.1) is 0 Å². The number of benzene rings is 1. The van der Waals surface area contributed by atoms with Gasteiger partial charge in [0.15, 0.2) is 0 Å². The van der Waals surface area contributed by atoms with E-state index < -0.39 is 0 Å². The van der Waals surface area contributed by atoms with Crippen molar-refractivity contribution in [1.82, 2.24) is 9.97 Å². The minimum Gasteiger partial charge on any atom is -0.388 e. The van der Waals surface area contributed by atoms with Crippen LogP contribution in [0.15, 0.2) is 36.7 Å². The largest absolute Gasteiger partial charge is 0.388 e. The van der Waals surface area contributed by atoms with Gasteiger partial charge in [0.1, 0.15) is 16.5 Å². The van der Waals surface area contributed by atoms with Crippen molar-refractivity contribution in [3.8, 4) is 0 Å². The number of aromatic nitrogens is 2. The van der Waals surface area contributed by atoms with Crippen molar-refractivity contribution in [2.24, 2.45) is 5.73 Å². The van der Waals surface area contributed by atoms with Gasteiger partial charge >= 0.3 is 0 Å². The highest BCUT2D eigenvalue weighted by Crippen LogP contribution is 2.14. The summed E-state index contributed by atoms with van der Waals surface area (Å²) in [5.41, 5.74) is 8.26. The quantitative estimate of drug-likeness (QED) is 0.825. The van der Waals surface area contributed by atoms with Gasteiger partial charge in [-0.05, 0) is 24.1 Å². The van der Waals surface area contributed by atoms with Gasteiger partial charge in [-0.1, -0.05) is 31.3 Å². The molecule has 1 heterocycles. The fourth-order valence-corrected chi connectivity index (χ4v) is 1.60. The molecule has 2 rings (SSSR count). The number of thiocarbonyl (C=S) groups is 1. The predicted molar refractivity (Wildman–Crippen MR) is 77.0 cm³/mol. The zero-order valence-corrected chi connectivity index (χ0v) is 10.9. The average Bonchev–Trinajstić information content (AvgIpc) is 2.40. The molecule has 92 valence electrons. The third kappa shape index (κ3) is 3.01. The zero-order valence-electron chi connectivity index (χ0n) is 10.1. The van der Waals surface area contributed by atoms with Gasteiger partial charge in [-0.2, -0.15) is 0 Å². The van der Waals surface area contributed by atoms with E-state index >= 15 is 0 Å². The first-order valence-corrected chi connectivity index (χ1v) is 6.07. The smallest absolute Gasteiger partial charge is 0.148 e. The molecule has 1 aromatic heterocycles. The van der Waals surface area contributed by atoms with Crippen LogP contribution in [0.4, 0.5) is 11.5 Å². The second kappa shape index (κ2) is 5.55. The molecule has 0 saturated heterocycles. The molecule has 0 fully saturated rings. The van der Waals surface area contributed by atoms with Gasteiger partial charge in [0, 0.05) is 5.69 Å². The van der Waals surface area contributed by atoms with E-state index in [1.807, 2.05) is 12.1 Å². The molecule has 0 aliphatic carbocycles. The predicted octanol–water partition coefficient (Wildman–Crippen LogP) is 2.42. The summed E-state index contributed by atoms with van der Waals surface area (Å²) in [6.07, 6.45) is 4.20. The van der Waals surface area contributed by atoms with Crippen LogP contribution in [0.2, 0.25) is 0 Å². The number of rotatable bonds is 4. The summed E-state index contributed by atoms with van der Waals surface area (Å²) in [7, 11) is 0. The maximum Gasteiger partial charge on any atom is 0.148 e. The van der Waals surface area contributed by atoms with Gasteiger partial charge in [-0.15, -0.1) is 0 Å². The van der Waals surface area contributed by atoms with Crippen molar-refractivity contribution in [3.63, 3.8) is 0 Å². The van der Waals surface area contributed by atoms with Crippen LogP contribution >= 0.6 is 12.2 Å². The molecule has 0 radical (unpaired) electrons. The van der Waals surface area contributed by atoms with E-state index in [0.29, 0.717) is 11.5 Å². The standard InChI is InChI=1S/C13H14N4S/c1-2-9-3-5-10(6-4-9)17-12-8-15-11(7-16-12)13(14)18/h3-8H,2H2,1H3,(H2,14,18)(H,16,17). The molecule has 0 unspecified atom stereocenters. The van der Waals surface area contributed by atoms with E-state index in [9.17, 15) is 0 Å². The molecule has 0 aliphatic rings. The Balaban J connectivity index is 2.10. The number of aryl methyl sites for hydroxylation is 1. The van der Waals surface area contributed by atoms with Crippen molar-refractivity contribution in [2.45, 2.75) is 13.3 Å². The van der Waals surface area contributed by atoms with Crippen LogP contribution in [0.1, 0.15) is 18.2 Å². The highest BCUT2D eigenvalue weighted by Gasteiger charge is 2.00. The number of nitrogens with zero attached hydrogens (tertiary/aromatic N) is 2. The average molecular weight is 258 g/mol. The number of nitrogens with one attached hydrogen (secondary N) is 1. The Morgan fingerprint density at radius 1 is 1.22 bits per heavy atom. The van der Waals surface area contributed by atoms with Crippen molar-refractivity contribution in [1.29, 1.82) is 0 Å². The summed E-state index contributed by atoms with van der Waals surface area (Å²) in [6.45, 7) is 2.13. The highest BCUT2D eigenvalue weighted by atomic mass is 32.1. The van der Waals surface area contributed by atoms with Crippen molar-refractivity contribution < 1.29 is 0 Å². The lowest BCUT2D eigenvalue weighted by atomic mass is 10.1. The van der Waals surface area contributed by atoms with Crippen LogP contribution in [0.3, 0.4) is 0 Å². The van der Waals surface area contributed by atoms with Gasteiger partial charge in [0.2, 0.25) is 0 Å². The molecule has 3 N–H and O–H groups in total. The van der Waals surface area contributed by atoms with Gasteiger partial charge in [0.05, 0.1) is 12.4 Å². The van der Waals surface area contributed by atoms with Gasteiger partial charge in [-0.25, -0.2) is 9.97 Å². The Kier molecular flexibility index (Phi) is 3.84.